The van der Waals surface area contributed by atoms with Crippen molar-refractivity contribution in [2.45, 2.75) is 74.8 Å². The van der Waals surface area contributed by atoms with E-state index < -0.39 is 72.1 Å². The number of halogens is 1. The number of nitrogens with two attached hydrogens (primary N) is 2. The van der Waals surface area contributed by atoms with Crippen LogP contribution in [0.4, 0.5) is 0 Å². The molecule has 1 fully saturated rings. The minimum Gasteiger partial charge on any atom is -0.481 e. The third kappa shape index (κ3) is 12.6. The number of nitrogens with zero attached hydrogens (tertiary/aromatic N) is 3. The number of aliphatic imine (C=N–C) groups is 1. The monoisotopic (exact) mass is 762 g/mol. The van der Waals surface area contributed by atoms with Crippen molar-refractivity contribution in [3.8, 4) is 0 Å². The number of aliphatic carboxylic acids is 1. The molecule has 0 saturated carbocycles. The quantitative estimate of drug-likeness (QED) is 0.0444. The second-order valence-corrected chi connectivity index (χ2v) is 13.0. The van der Waals surface area contributed by atoms with Gasteiger partial charge < -0.3 is 43.2 Å². The smallest absolute Gasteiger partial charge is 0.305 e. The standard InChI is InChI=1S/C30H39BrN10O7S/c1-15-24(44)39-21(12-23(42)43)27(47)40-20(11-17-7-4-3-5-8-17)26(46)41-22(14-49-29-18(31)13-35-16(2)37-29)28(48)38-19(25(45)36-15)9-6-10-34-30(32)33/h3-5,7-8,13,15,19-22H,6,9-12,14H2,1-2H3,(H,36,45)(H,38,48)(H,39,44)(H,40,47)(H,41,46)(H,42,43)(H4,32,33,34)/t15-,19-,20+,21-,22-/m0/s1. The summed E-state index contributed by atoms with van der Waals surface area (Å²) in [5.74, 6) is -5.19. The van der Waals surface area contributed by atoms with E-state index >= 15 is 0 Å². The number of carbonyl (C=O) groups is 6. The summed E-state index contributed by atoms with van der Waals surface area (Å²) in [6.45, 7) is 3.17. The molecule has 1 aliphatic heterocycles. The number of rotatable bonds is 11. The zero-order valence-electron chi connectivity index (χ0n) is 26.8. The van der Waals surface area contributed by atoms with Gasteiger partial charge in [0.15, 0.2) is 5.96 Å². The first-order valence-corrected chi connectivity index (χ1v) is 17.0. The molecule has 0 unspecified atom stereocenters. The molecule has 5 amide bonds. The third-order valence-corrected chi connectivity index (χ3v) is 9.04. The average Bonchev–Trinajstić information content (AvgIpc) is 3.04. The number of thioether (sulfide) groups is 1. The van der Waals surface area contributed by atoms with Gasteiger partial charge >= 0.3 is 5.97 Å². The van der Waals surface area contributed by atoms with Crippen LogP contribution in [-0.2, 0) is 35.2 Å². The van der Waals surface area contributed by atoms with Gasteiger partial charge in [-0.05, 0) is 48.2 Å². The van der Waals surface area contributed by atoms with Crippen LogP contribution in [-0.4, -0.2) is 99.0 Å². The maximum atomic E-state index is 13.9. The van der Waals surface area contributed by atoms with Gasteiger partial charge in [0, 0.05) is 24.9 Å². The highest BCUT2D eigenvalue weighted by Crippen LogP contribution is 2.25. The Bertz CT molecular complexity index is 1560. The Kier molecular flexibility index (Phi) is 14.7. The number of carbonyl (C=O) groups excluding carboxylic acids is 5. The summed E-state index contributed by atoms with van der Waals surface area (Å²) in [5, 5.41) is 22.7. The van der Waals surface area contributed by atoms with Crippen molar-refractivity contribution in [2.75, 3.05) is 12.3 Å². The fraction of sp³-hybridized carbons (Fsp3) is 0.433. The molecule has 1 aliphatic rings. The normalized spacial score (nSPS) is 22.3. The summed E-state index contributed by atoms with van der Waals surface area (Å²) in [7, 11) is 0. The Hall–Kier alpha value is -4.78. The van der Waals surface area contributed by atoms with Crippen molar-refractivity contribution in [1.29, 1.82) is 0 Å². The first kappa shape index (κ1) is 38.7. The van der Waals surface area contributed by atoms with E-state index in [0.29, 0.717) is 20.9 Å². The molecule has 1 saturated heterocycles. The fourth-order valence-electron chi connectivity index (χ4n) is 4.59. The molecule has 0 bridgehead atoms. The number of nitrogens with one attached hydrogen (secondary N) is 5. The lowest BCUT2D eigenvalue weighted by atomic mass is 10.0. The molecule has 5 atom stereocenters. The Balaban J connectivity index is 2.03. The number of benzene rings is 1. The van der Waals surface area contributed by atoms with E-state index in [-0.39, 0.29) is 37.5 Å². The molecule has 1 aromatic heterocycles. The van der Waals surface area contributed by atoms with Crippen LogP contribution < -0.4 is 38.1 Å². The number of carboxylic acid groups (broad SMARTS) is 1. The van der Waals surface area contributed by atoms with Gasteiger partial charge in [0.1, 0.15) is 41.1 Å². The van der Waals surface area contributed by atoms with Crippen LogP contribution in [0.15, 0.2) is 51.0 Å². The van der Waals surface area contributed by atoms with E-state index in [1.54, 1.807) is 43.5 Å². The lowest BCUT2D eigenvalue weighted by Crippen LogP contribution is -2.58. The fourth-order valence-corrected chi connectivity index (χ4v) is 6.07. The zero-order chi connectivity index (χ0) is 36.1. The number of guanidine groups is 1. The molecule has 0 radical (unpaired) electrons. The number of aryl methyl sites for hydroxylation is 1. The van der Waals surface area contributed by atoms with Crippen molar-refractivity contribution in [3.63, 3.8) is 0 Å². The average molecular weight is 764 g/mol. The van der Waals surface area contributed by atoms with E-state index in [2.05, 4.69) is 57.5 Å². The SMILES string of the molecule is Cc1ncc(Br)c(SC[C@@H]2NC(=O)[C@@H](Cc3ccccc3)NC(=O)[C@H](CC(=O)O)NC(=O)[C@H](C)NC(=O)[C@H](CCCN=C(N)N)NC2=O)n1. The van der Waals surface area contributed by atoms with Crippen LogP contribution in [0.1, 0.15) is 37.6 Å². The molecule has 17 nitrogen and oxygen atoms in total. The second-order valence-electron chi connectivity index (χ2n) is 11.1. The third-order valence-electron chi connectivity index (χ3n) is 7.11. The van der Waals surface area contributed by atoms with Crippen LogP contribution in [0.3, 0.4) is 0 Å². The number of aromatic nitrogens is 2. The lowest BCUT2D eigenvalue weighted by Gasteiger charge is -2.26. The molecule has 19 heteroatoms. The van der Waals surface area contributed by atoms with Gasteiger partial charge in [0.05, 0.1) is 10.9 Å². The predicted molar refractivity (Wildman–Crippen MR) is 183 cm³/mol. The predicted octanol–water partition coefficient (Wildman–Crippen LogP) is -1.13. The highest BCUT2D eigenvalue weighted by molar-refractivity contribution is 9.10. The summed E-state index contributed by atoms with van der Waals surface area (Å²) in [4.78, 5) is 91.7. The van der Waals surface area contributed by atoms with E-state index in [4.69, 9.17) is 11.5 Å². The van der Waals surface area contributed by atoms with Crippen molar-refractivity contribution >= 4 is 69.2 Å². The van der Waals surface area contributed by atoms with Crippen molar-refractivity contribution in [3.05, 3.63) is 52.4 Å². The van der Waals surface area contributed by atoms with Crippen LogP contribution in [0.2, 0.25) is 0 Å². The molecule has 0 spiro atoms. The number of hydrogen-bond donors (Lipinski definition) is 8. The van der Waals surface area contributed by atoms with Crippen LogP contribution in [0, 0.1) is 6.92 Å². The Morgan fingerprint density at radius 1 is 0.898 bits per heavy atom. The molecule has 1 aromatic carbocycles. The van der Waals surface area contributed by atoms with Crippen LogP contribution >= 0.6 is 27.7 Å². The Morgan fingerprint density at radius 2 is 1.49 bits per heavy atom. The van der Waals surface area contributed by atoms with Crippen LogP contribution in [0.5, 0.6) is 0 Å². The maximum absolute atomic E-state index is 13.9. The molecule has 10 N–H and O–H groups in total. The van der Waals surface area contributed by atoms with Crippen molar-refractivity contribution in [1.82, 2.24) is 36.6 Å². The molecular formula is C30H39BrN10O7S. The molecular weight excluding hydrogens is 724 g/mol. The summed E-state index contributed by atoms with van der Waals surface area (Å²) in [5.41, 5.74) is 11.5. The summed E-state index contributed by atoms with van der Waals surface area (Å²) in [6.07, 6.45) is 1.01. The summed E-state index contributed by atoms with van der Waals surface area (Å²) < 4.78 is 0.550. The van der Waals surface area contributed by atoms with E-state index in [0.717, 1.165) is 11.8 Å². The molecule has 3 rings (SSSR count). The largest absolute Gasteiger partial charge is 0.481 e. The topological polar surface area (TPSA) is 273 Å². The molecule has 2 heterocycles. The Morgan fingerprint density at radius 3 is 2.16 bits per heavy atom. The highest BCUT2D eigenvalue weighted by Gasteiger charge is 2.34. The van der Waals surface area contributed by atoms with Gasteiger partial charge in [-0.15, -0.1) is 11.8 Å². The minimum atomic E-state index is -1.60. The lowest BCUT2D eigenvalue weighted by molar-refractivity contribution is -0.141. The summed E-state index contributed by atoms with van der Waals surface area (Å²) in [6, 6.07) is 2.10. The minimum absolute atomic E-state index is 0.0336. The molecule has 2 aromatic rings. The maximum Gasteiger partial charge on any atom is 0.305 e. The van der Waals surface area contributed by atoms with E-state index in [1.807, 2.05) is 0 Å². The van der Waals surface area contributed by atoms with Gasteiger partial charge in [-0.25, -0.2) is 9.97 Å². The van der Waals surface area contributed by atoms with E-state index in [1.165, 1.54) is 6.92 Å². The van der Waals surface area contributed by atoms with Gasteiger partial charge in [0.2, 0.25) is 29.5 Å². The molecule has 0 aliphatic carbocycles. The number of hydrogen-bond acceptors (Lipinski definition) is 10. The molecule has 49 heavy (non-hydrogen) atoms. The first-order valence-electron chi connectivity index (χ1n) is 15.2. The number of carboxylic acids is 1. The Labute approximate surface area is 294 Å². The highest BCUT2D eigenvalue weighted by atomic mass is 79.9. The van der Waals surface area contributed by atoms with E-state index in [9.17, 15) is 33.9 Å². The zero-order valence-corrected chi connectivity index (χ0v) is 29.2. The second kappa shape index (κ2) is 18.7. The van der Waals surface area contributed by atoms with Crippen LogP contribution in [0.25, 0.3) is 0 Å². The van der Waals surface area contributed by atoms with Gasteiger partial charge in [0.25, 0.3) is 0 Å². The number of amides is 5. The first-order chi connectivity index (χ1) is 23.2. The van der Waals surface area contributed by atoms with Crippen molar-refractivity contribution < 1.29 is 33.9 Å². The van der Waals surface area contributed by atoms with Gasteiger partial charge in [-0.2, -0.15) is 0 Å². The summed E-state index contributed by atoms with van der Waals surface area (Å²) >= 11 is 4.52. The molecule has 264 valence electrons. The van der Waals surface area contributed by atoms with Crippen molar-refractivity contribution in [2.24, 2.45) is 16.5 Å². The van der Waals surface area contributed by atoms with Gasteiger partial charge in [-0.1, -0.05) is 30.3 Å². The van der Waals surface area contributed by atoms with Gasteiger partial charge in [-0.3, -0.25) is 33.8 Å².